The van der Waals surface area contributed by atoms with E-state index in [-0.39, 0.29) is 45.9 Å². The summed E-state index contributed by atoms with van der Waals surface area (Å²) in [6, 6.07) is 22.7. The molecule has 0 aliphatic carbocycles. The minimum atomic E-state index is -1.10. The van der Waals surface area contributed by atoms with Gasteiger partial charge in [-0.2, -0.15) is 10.2 Å². The van der Waals surface area contributed by atoms with E-state index < -0.39 is 30.6 Å². The molecular weight excluding hydrogens is 806 g/mol. The lowest BCUT2D eigenvalue weighted by Crippen LogP contribution is -2.28. The van der Waals surface area contributed by atoms with E-state index in [1.54, 1.807) is 36.5 Å². The number of aromatic nitrogens is 2. The van der Waals surface area contributed by atoms with Gasteiger partial charge in [-0.25, -0.2) is 0 Å². The maximum atomic E-state index is 11.0. The van der Waals surface area contributed by atoms with E-state index in [9.17, 15) is 25.1 Å². The number of aliphatic hydroxyl groups is 2. The Morgan fingerprint density at radius 1 is 0.754 bits per heavy atom. The number of hydrogen-bond acceptors (Lipinski definition) is 13. The Balaban J connectivity index is 1.28. The summed E-state index contributed by atoms with van der Waals surface area (Å²) in [5.41, 5.74) is 8.39. The molecule has 3 aromatic carbocycles. The van der Waals surface area contributed by atoms with Crippen LogP contribution in [0.5, 0.6) is 23.3 Å². The van der Waals surface area contributed by atoms with Gasteiger partial charge < -0.3 is 50.0 Å². The van der Waals surface area contributed by atoms with Gasteiger partial charge in [0.15, 0.2) is 0 Å². The lowest BCUT2D eigenvalue weighted by atomic mass is 9.92. The summed E-state index contributed by atoms with van der Waals surface area (Å²) in [6.45, 7) is 5.27. The second-order valence-electron chi connectivity index (χ2n) is 14.2. The van der Waals surface area contributed by atoms with E-state index in [2.05, 4.69) is 38.8 Å². The summed E-state index contributed by atoms with van der Waals surface area (Å²) >= 11 is 6.75. The molecule has 0 radical (unpaired) electrons. The van der Waals surface area contributed by atoms with Crippen molar-refractivity contribution in [3.8, 4) is 40.5 Å². The second kappa shape index (κ2) is 22.4. The number of nitrogens with zero attached hydrogens (tertiary/aromatic N) is 3. The van der Waals surface area contributed by atoms with Gasteiger partial charge in [0, 0.05) is 67.4 Å². The minimum absolute atomic E-state index is 0.0353. The highest BCUT2D eigenvalue weighted by atomic mass is 35.5. The van der Waals surface area contributed by atoms with Gasteiger partial charge >= 0.3 is 11.9 Å². The fraction of sp³-hybridized carbons (Fsp3) is 0.311. The molecule has 2 aromatic heterocycles. The first-order valence-corrected chi connectivity index (χ1v) is 19.7. The average molecular weight is 854 g/mol. The first-order valence-electron chi connectivity index (χ1n) is 19.3. The zero-order valence-corrected chi connectivity index (χ0v) is 34.7. The number of carboxylic acids is 2. The van der Waals surface area contributed by atoms with Gasteiger partial charge in [-0.3, -0.25) is 14.6 Å². The summed E-state index contributed by atoms with van der Waals surface area (Å²) in [5.74, 6) is -0.652. The van der Waals surface area contributed by atoms with Gasteiger partial charge in [0.25, 0.3) is 0 Å². The zero-order chi connectivity index (χ0) is 43.9. The maximum Gasteiger partial charge on any atom is 0.306 e. The van der Waals surface area contributed by atoms with Crippen LogP contribution in [-0.2, 0) is 42.5 Å². The van der Waals surface area contributed by atoms with Gasteiger partial charge in [0.05, 0.1) is 42.7 Å². The monoisotopic (exact) mass is 853 g/mol. The predicted molar refractivity (Wildman–Crippen MR) is 225 cm³/mol. The molecule has 0 saturated carbocycles. The van der Waals surface area contributed by atoms with Gasteiger partial charge in [-0.15, -0.1) is 0 Å². The zero-order valence-electron chi connectivity index (χ0n) is 34.0. The number of nitrogens with one attached hydrogen (secondary N) is 2. The molecule has 320 valence electrons. The van der Waals surface area contributed by atoms with Crippen molar-refractivity contribution in [2.45, 2.75) is 71.8 Å². The molecule has 0 aliphatic heterocycles. The Kier molecular flexibility index (Phi) is 16.8. The number of carboxylic acid groups (broad SMARTS) is 2. The lowest BCUT2D eigenvalue weighted by Gasteiger charge is -2.18. The predicted octanol–water partition coefficient (Wildman–Crippen LogP) is 5.88. The smallest absolute Gasteiger partial charge is 0.306 e. The molecule has 5 aromatic rings. The first kappa shape index (κ1) is 45.8. The Morgan fingerprint density at radius 2 is 1.34 bits per heavy atom. The summed E-state index contributed by atoms with van der Waals surface area (Å²) in [4.78, 5) is 30.4. The summed E-state index contributed by atoms with van der Waals surface area (Å²) in [6.07, 6.45) is 0.217. The fourth-order valence-corrected chi connectivity index (χ4v) is 6.70. The number of aliphatic carboxylic acids is 2. The molecule has 0 amide bonds. The average Bonchev–Trinajstić information content (AvgIpc) is 3.23. The molecule has 2 atom stereocenters. The molecule has 0 bridgehead atoms. The maximum absolute atomic E-state index is 11.0. The van der Waals surface area contributed by atoms with Crippen LogP contribution in [0.1, 0.15) is 57.3 Å². The van der Waals surface area contributed by atoms with E-state index >= 15 is 0 Å². The first-order chi connectivity index (χ1) is 29.3. The number of ether oxygens (including phenoxy) is 4. The topological polar surface area (TPSA) is 226 Å². The van der Waals surface area contributed by atoms with Crippen molar-refractivity contribution >= 4 is 23.5 Å². The number of hydrogen-bond donors (Lipinski definition) is 6. The van der Waals surface area contributed by atoms with E-state index in [4.69, 9.17) is 40.8 Å². The van der Waals surface area contributed by atoms with Crippen LogP contribution in [0.25, 0.3) is 11.1 Å². The summed E-state index contributed by atoms with van der Waals surface area (Å²) < 4.78 is 24.1. The van der Waals surface area contributed by atoms with Crippen LogP contribution in [0.3, 0.4) is 0 Å². The highest BCUT2D eigenvalue weighted by Crippen LogP contribution is 2.36. The van der Waals surface area contributed by atoms with Crippen molar-refractivity contribution in [2.75, 3.05) is 20.2 Å². The molecule has 5 rings (SSSR count). The van der Waals surface area contributed by atoms with Crippen LogP contribution in [0, 0.1) is 25.2 Å². The van der Waals surface area contributed by atoms with Crippen LogP contribution >= 0.6 is 11.6 Å². The molecule has 16 heteroatoms. The number of nitriles is 1. The van der Waals surface area contributed by atoms with Crippen molar-refractivity contribution in [1.29, 1.82) is 5.26 Å². The fourth-order valence-electron chi connectivity index (χ4n) is 6.46. The van der Waals surface area contributed by atoms with Crippen LogP contribution in [-0.4, -0.2) is 74.7 Å². The van der Waals surface area contributed by atoms with Gasteiger partial charge in [-0.05, 0) is 65.4 Å². The van der Waals surface area contributed by atoms with Crippen LogP contribution < -0.4 is 29.6 Å². The third-order valence-corrected chi connectivity index (χ3v) is 9.99. The van der Waals surface area contributed by atoms with Crippen molar-refractivity contribution < 1.29 is 49.0 Å². The standard InChI is InChI=1S/C45H48ClN5O10/c1-27-32(25-60-41-16-40(59-24-30-12-29(17-47)18-48-19-30)34(13-39(41)46)21-50-23-36(53)15-44(56)57)6-4-8-37(27)38-9-5-7-33(28(38)2)26-61-42-11-10-31(45(51-42)58-3)20-49-22-35(52)14-43(54)55/h4-13,16,18-19,35-36,49-50,52-53H,14-15,20-26H2,1-3H3,(H,54,55)(H,56,57)/t35-,36-/m0/s1. The van der Waals surface area contributed by atoms with E-state index in [0.29, 0.717) is 51.5 Å². The highest BCUT2D eigenvalue weighted by molar-refractivity contribution is 6.32. The lowest BCUT2D eigenvalue weighted by molar-refractivity contribution is -0.140. The van der Waals surface area contributed by atoms with Crippen molar-refractivity contribution in [1.82, 2.24) is 20.6 Å². The van der Waals surface area contributed by atoms with Crippen LogP contribution in [0.2, 0.25) is 5.02 Å². The Labute approximate surface area is 358 Å². The quantitative estimate of drug-likeness (QED) is 0.0451. The SMILES string of the molecule is COc1nc(OCc2cccc(-c3cccc(COc4cc(OCc5cncc(C#N)c5)c(CNC[C@@H](O)CC(=O)O)cc4Cl)c3C)c2C)ccc1CNC[C@@H](O)CC(=O)O. The van der Waals surface area contributed by atoms with E-state index in [1.807, 2.05) is 38.1 Å². The minimum Gasteiger partial charge on any atom is -0.488 e. The normalized spacial score (nSPS) is 12.0. The molecular formula is C45H48ClN5O10. The number of aliphatic hydroxyl groups excluding tert-OH is 2. The van der Waals surface area contributed by atoms with E-state index in [0.717, 1.165) is 38.9 Å². The van der Waals surface area contributed by atoms with Crippen LogP contribution in [0.15, 0.2) is 79.1 Å². The van der Waals surface area contributed by atoms with Crippen molar-refractivity contribution in [3.63, 3.8) is 0 Å². The summed E-state index contributed by atoms with van der Waals surface area (Å²) in [5, 5.41) is 53.4. The Morgan fingerprint density at radius 3 is 1.93 bits per heavy atom. The Hall–Kier alpha value is -6.28. The van der Waals surface area contributed by atoms with Crippen LogP contribution in [0.4, 0.5) is 0 Å². The second-order valence-corrected chi connectivity index (χ2v) is 14.6. The van der Waals surface area contributed by atoms with Crippen molar-refractivity contribution in [3.05, 3.63) is 129 Å². The van der Waals surface area contributed by atoms with E-state index in [1.165, 1.54) is 13.3 Å². The number of rotatable bonds is 23. The number of methoxy groups -OCH3 is 1. The van der Waals surface area contributed by atoms with Gasteiger partial charge in [0.2, 0.25) is 11.8 Å². The molecule has 15 nitrogen and oxygen atoms in total. The molecule has 61 heavy (non-hydrogen) atoms. The molecule has 6 N–H and O–H groups in total. The molecule has 0 aliphatic rings. The number of carbonyl (C=O) groups is 2. The Bertz CT molecular complexity index is 2350. The third-order valence-electron chi connectivity index (χ3n) is 9.69. The van der Waals surface area contributed by atoms with Gasteiger partial charge in [0.1, 0.15) is 37.4 Å². The largest absolute Gasteiger partial charge is 0.488 e. The summed E-state index contributed by atoms with van der Waals surface area (Å²) in [7, 11) is 1.50. The molecule has 0 saturated heterocycles. The highest BCUT2D eigenvalue weighted by Gasteiger charge is 2.17. The number of pyridine rings is 2. The molecule has 2 heterocycles. The molecule has 0 fully saturated rings. The number of benzene rings is 3. The number of halogens is 1. The molecule has 0 unspecified atom stereocenters. The van der Waals surface area contributed by atoms with Crippen molar-refractivity contribution in [2.24, 2.45) is 0 Å². The molecule has 0 spiro atoms. The van der Waals surface area contributed by atoms with Gasteiger partial charge in [-0.1, -0.05) is 48.0 Å². The third kappa shape index (κ3) is 13.4.